The SMILES string of the molecule is CCOC(=O)N1CCN(c2nc(Cl)ncc2Br)CC1. The number of amides is 1. The van der Waals surface area contributed by atoms with Crippen LogP contribution in [0.3, 0.4) is 0 Å². The summed E-state index contributed by atoms with van der Waals surface area (Å²) >= 11 is 9.21. The molecule has 0 aromatic carbocycles. The van der Waals surface area contributed by atoms with E-state index in [1.807, 2.05) is 0 Å². The van der Waals surface area contributed by atoms with Crippen molar-refractivity contribution in [3.63, 3.8) is 0 Å². The Morgan fingerprint density at radius 3 is 2.79 bits per heavy atom. The summed E-state index contributed by atoms with van der Waals surface area (Å²) < 4.78 is 5.77. The summed E-state index contributed by atoms with van der Waals surface area (Å²) in [6.45, 7) is 4.77. The summed E-state index contributed by atoms with van der Waals surface area (Å²) in [5.41, 5.74) is 0. The number of halogens is 2. The molecule has 2 rings (SSSR count). The molecular weight excluding hydrogens is 336 g/mol. The van der Waals surface area contributed by atoms with Gasteiger partial charge in [-0.15, -0.1) is 0 Å². The highest BCUT2D eigenvalue weighted by Gasteiger charge is 2.24. The summed E-state index contributed by atoms with van der Waals surface area (Å²) in [4.78, 5) is 23.4. The molecule has 8 heteroatoms. The van der Waals surface area contributed by atoms with E-state index in [9.17, 15) is 4.79 Å². The minimum absolute atomic E-state index is 0.214. The Hall–Kier alpha value is -1.08. The average Bonchev–Trinajstić information content (AvgIpc) is 2.42. The first kappa shape index (κ1) is 14.3. The number of hydrogen-bond donors (Lipinski definition) is 0. The number of hydrogen-bond acceptors (Lipinski definition) is 5. The Bertz CT molecular complexity index is 466. The number of aromatic nitrogens is 2. The minimum Gasteiger partial charge on any atom is -0.450 e. The van der Waals surface area contributed by atoms with Crippen LogP contribution < -0.4 is 4.90 Å². The van der Waals surface area contributed by atoms with E-state index < -0.39 is 0 Å². The maximum absolute atomic E-state index is 11.6. The van der Waals surface area contributed by atoms with Crippen LogP contribution in [0.25, 0.3) is 0 Å². The number of piperazine rings is 1. The van der Waals surface area contributed by atoms with E-state index in [4.69, 9.17) is 16.3 Å². The first-order valence-electron chi connectivity index (χ1n) is 5.96. The van der Waals surface area contributed by atoms with Crippen LogP contribution in [0.15, 0.2) is 10.7 Å². The fourth-order valence-corrected chi connectivity index (χ4v) is 2.45. The van der Waals surface area contributed by atoms with Crippen molar-refractivity contribution in [1.29, 1.82) is 0 Å². The van der Waals surface area contributed by atoms with Crippen LogP contribution in [0.2, 0.25) is 5.28 Å². The second-order valence-electron chi connectivity index (χ2n) is 3.98. The lowest BCUT2D eigenvalue weighted by Crippen LogP contribution is -2.49. The van der Waals surface area contributed by atoms with Crippen molar-refractivity contribution in [1.82, 2.24) is 14.9 Å². The van der Waals surface area contributed by atoms with Gasteiger partial charge in [-0.3, -0.25) is 0 Å². The third-order valence-corrected chi connectivity index (χ3v) is 3.54. The summed E-state index contributed by atoms with van der Waals surface area (Å²) in [5, 5.41) is 0.214. The number of carbonyl (C=O) groups excluding carboxylic acids is 1. The molecule has 0 unspecified atom stereocenters. The summed E-state index contributed by atoms with van der Waals surface area (Å²) in [7, 11) is 0. The zero-order valence-corrected chi connectivity index (χ0v) is 12.8. The first-order valence-corrected chi connectivity index (χ1v) is 7.13. The highest BCUT2D eigenvalue weighted by atomic mass is 79.9. The van der Waals surface area contributed by atoms with Crippen LogP contribution in [0.5, 0.6) is 0 Å². The van der Waals surface area contributed by atoms with E-state index in [-0.39, 0.29) is 11.4 Å². The zero-order valence-electron chi connectivity index (χ0n) is 10.5. The Kier molecular flexibility index (Phi) is 4.81. The van der Waals surface area contributed by atoms with Crippen LogP contribution in [-0.2, 0) is 4.74 Å². The molecule has 0 radical (unpaired) electrons. The molecule has 1 aliphatic rings. The molecule has 1 aromatic heterocycles. The highest BCUT2D eigenvalue weighted by Crippen LogP contribution is 2.25. The molecule has 0 aliphatic carbocycles. The van der Waals surface area contributed by atoms with Gasteiger partial charge < -0.3 is 14.5 Å². The fraction of sp³-hybridized carbons (Fsp3) is 0.545. The molecule has 19 heavy (non-hydrogen) atoms. The second-order valence-corrected chi connectivity index (χ2v) is 5.18. The van der Waals surface area contributed by atoms with Crippen LogP contribution >= 0.6 is 27.5 Å². The monoisotopic (exact) mass is 348 g/mol. The lowest BCUT2D eigenvalue weighted by molar-refractivity contribution is 0.105. The molecule has 1 aliphatic heterocycles. The van der Waals surface area contributed by atoms with Gasteiger partial charge in [0.05, 0.1) is 11.1 Å². The Labute approximate surface area is 124 Å². The quantitative estimate of drug-likeness (QED) is 0.766. The van der Waals surface area contributed by atoms with Crippen molar-refractivity contribution < 1.29 is 9.53 Å². The maximum atomic E-state index is 11.6. The van der Waals surface area contributed by atoms with Crippen molar-refractivity contribution in [3.8, 4) is 0 Å². The smallest absolute Gasteiger partial charge is 0.409 e. The van der Waals surface area contributed by atoms with Crippen molar-refractivity contribution in [2.75, 3.05) is 37.7 Å². The summed E-state index contributed by atoms with van der Waals surface area (Å²) in [6.07, 6.45) is 1.37. The molecule has 1 saturated heterocycles. The Balaban J connectivity index is 2.00. The average molecular weight is 350 g/mol. The third kappa shape index (κ3) is 3.48. The normalized spacial score (nSPS) is 15.5. The molecule has 1 aromatic rings. The lowest BCUT2D eigenvalue weighted by Gasteiger charge is -2.35. The van der Waals surface area contributed by atoms with Gasteiger partial charge in [-0.1, -0.05) is 0 Å². The van der Waals surface area contributed by atoms with Gasteiger partial charge in [0, 0.05) is 32.4 Å². The van der Waals surface area contributed by atoms with E-state index in [0.29, 0.717) is 32.8 Å². The molecule has 1 fully saturated rings. The van der Waals surface area contributed by atoms with Crippen molar-refractivity contribution in [2.45, 2.75) is 6.92 Å². The van der Waals surface area contributed by atoms with Crippen LogP contribution in [-0.4, -0.2) is 53.7 Å². The number of nitrogens with zero attached hydrogens (tertiary/aromatic N) is 4. The van der Waals surface area contributed by atoms with Gasteiger partial charge in [-0.05, 0) is 34.5 Å². The number of ether oxygens (including phenoxy) is 1. The van der Waals surface area contributed by atoms with E-state index in [0.717, 1.165) is 10.3 Å². The number of carbonyl (C=O) groups is 1. The van der Waals surface area contributed by atoms with Gasteiger partial charge in [0.15, 0.2) is 0 Å². The number of rotatable bonds is 2. The van der Waals surface area contributed by atoms with Gasteiger partial charge in [0.25, 0.3) is 0 Å². The molecule has 6 nitrogen and oxygen atoms in total. The highest BCUT2D eigenvalue weighted by molar-refractivity contribution is 9.10. The largest absolute Gasteiger partial charge is 0.450 e. The molecule has 1 amide bonds. The van der Waals surface area contributed by atoms with Gasteiger partial charge in [-0.2, -0.15) is 4.98 Å². The Morgan fingerprint density at radius 1 is 1.47 bits per heavy atom. The van der Waals surface area contributed by atoms with E-state index in [2.05, 4.69) is 30.8 Å². The molecule has 2 heterocycles. The number of anilines is 1. The zero-order chi connectivity index (χ0) is 13.8. The molecule has 0 atom stereocenters. The third-order valence-electron chi connectivity index (χ3n) is 2.80. The van der Waals surface area contributed by atoms with Crippen molar-refractivity contribution >= 4 is 39.4 Å². The maximum Gasteiger partial charge on any atom is 0.409 e. The predicted molar refractivity (Wildman–Crippen MR) is 75.6 cm³/mol. The lowest BCUT2D eigenvalue weighted by atomic mass is 10.3. The minimum atomic E-state index is -0.262. The summed E-state index contributed by atoms with van der Waals surface area (Å²) in [5.74, 6) is 0.753. The molecular formula is C11H14BrClN4O2. The van der Waals surface area contributed by atoms with E-state index >= 15 is 0 Å². The van der Waals surface area contributed by atoms with Gasteiger partial charge in [0.2, 0.25) is 5.28 Å². The Morgan fingerprint density at radius 2 is 2.16 bits per heavy atom. The fourth-order valence-electron chi connectivity index (χ4n) is 1.87. The topological polar surface area (TPSA) is 58.6 Å². The van der Waals surface area contributed by atoms with Crippen LogP contribution in [0.1, 0.15) is 6.92 Å². The second kappa shape index (κ2) is 6.38. The van der Waals surface area contributed by atoms with Gasteiger partial charge in [-0.25, -0.2) is 9.78 Å². The van der Waals surface area contributed by atoms with Crippen molar-refractivity contribution in [3.05, 3.63) is 16.0 Å². The van der Waals surface area contributed by atoms with Gasteiger partial charge >= 0.3 is 6.09 Å². The summed E-state index contributed by atoms with van der Waals surface area (Å²) in [6, 6.07) is 0. The predicted octanol–water partition coefficient (Wildman–Crippen LogP) is 2.17. The first-order chi connectivity index (χ1) is 9.11. The molecule has 0 N–H and O–H groups in total. The van der Waals surface area contributed by atoms with E-state index in [1.165, 1.54) is 0 Å². The molecule has 104 valence electrons. The van der Waals surface area contributed by atoms with Crippen LogP contribution in [0.4, 0.5) is 10.6 Å². The van der Waals surface area contributed by atoms with E-state index in [1.54, 1.807) is 18.0 Å². The molecule has 0 bridgehead atoms. The molecule has 0 saturated carbocycles. The van der Waals surface area contributed by atoms with Crippen molar-refractivity contribution in [2.24, 2.45) is 0 Å². The van der Waals surface area contributed by atoms with Crippen LogP contribution in [0, 0.1) is 0 Å². The molecule has 0 spiro atoms. The van der Waals surface area contributed by atoms with Gasteiger partial charge in [0.1, 0.15) is 5.82 Å². The standard InChI is InChI=1S/C11H14BrClN4O2/c1-2-19-11(18)17-5-3-16(4-6-17)9-8(12)7-14-10(13)15-9/h7H,2-6H2,1H3.